The van der Waals surface area contributed by atoms with Gasteiger partial charge in [-0.1, -0.05) is 37.4 Å². The van der Waals surface area contributed by atoms with Crippen LogP contribution in [-0.2, 0) is 14.3 Å². The molecule has 0 amide bonds. The van der Waals surface area contributed by atoms with Crippen molar-refractivity contribution in [3.05, 3.63) is 48.6 Å². The molecule has 30 heavy (non-hydrogen) atoms. The molecule has 0 heterocycles. The summed E-state index contributed by atoms with van der Waals surface area (Å²) in [5.41, 5.74) is 2.83. The quantitative estimate of drug-likeness (QED) is 0.328. The molecule has 0 saturated heterocycles. The Bertz CT molecular complexity index is 947. The van der Waals surface area contributed by atoms with Crippen LogP contribution in [0.4, 0.5) is 0 Å². The van der Waals surface area contributed by atoms with E-state index in [9.17, 15) is 4.79 Å². The van der Waals surface area contributed by atoms with Crippen molar-refractivity contribution >= 4 is 17.6 Å². The highest BCUT2D eigenvalue weighted by atomic mass is 16.7. The fourth-order valence-electron chi connectivity index (χ4n) is 3.09. The van der Waals surface area contributed by atoms with Gasteiger partial charge in [-0.15, -0.1) is 0 Å². The van der Waals surface area contributed by atoms with Crippen LogP contribution >= 0.6 is 0 Å². The maximum absolute atomic E-state index is 11.9. The van der Waals surface area contributed by atoms with Crippen LogP contribution in [-0.4, -0.2) is 48.3 Å². The van der Waals surface area contributed by atoms with E-state index in [-0.39, 0.29) is 12.4 Å². The van der Waals surface area contributed by atoms with Crippen molar-refractivity contribution in [2.24, 2.45) is 0 Å². The number of methoxy groups -OCH3 is 5. The van der Waals surface area contributed by atoms with E-state index in [1.165, 1.54) is 35.5 Å². The first kappa shape index (κ1) is 22.8. The highest BCUT2D eigenvalue weighted by Crippen LogP contribution is 2.53. The third kappa shape index (κ3) is 4.26. The van der Waals surface area contributed by atoms with E-state index in [2.05, 4.69) is 13.2 Å². The molecule has 0 aliphatic carbocycles. The summed E-state index contributed by atoms with van der Waals surface area (Å²) >= 11 is 0. The van der Waals surface area contributed by atoms with Crippen molar-refractivity contribution < 1.29 is 33.2 Å². The smallest absolute Gasteiger partial charge is 0.337 e. The van der Waals surface area contributed by atoms with E-state index in [0.29, 0.717) is 39.7 Å². The first-order chi connectivity index (χ1) is 14.5. The Morgan fingerprint density at radius 3 is 2.13 bits per heavy atom. The van der Waals surface area contributed by atoms with Gasteiger partial charge in [0.15, 0.2) is 18.3 Å². The normalized spacial score (nSPS) is 10.2. The van der Waals surface area contributed by atoms with Gasteiger partial charge in [-0.25, -0.2) is 4.79 Å². The molecule has 160 valence electrons. The van der Waals surface area contributed by atoms with Crippen LogP contribution in [0.2, 0.25) is 0 Å². The maximum Gasteiger partial charge on any atom is 0.337 e. The topological polar surface area (TPSA) is 72.5 Å². The summed E-state index contributed by atoms with van der Waals surface area (Å²) in [6.07, 6.45) is 1.63. The zero-order valence-corrected chi connectivity index (χ0v) is 17.9. The lowest BCUT2D eigenvalue weighted by atomic mass is 9.93. The minimum atomic E-state index is -0.514. The predicted octanol–water partition coefficient (Wildman–Crippen LogP) is 4.19. The van der Waals surface area contributed by atoms with Crippen LogP contribution in [0.25, 0.3) is 22.8 Å². The average molecular weight is 414 g/mol. The van der Waals surface area contributed by atoms with E-state index < -0.39 is 5.97 Å². The minimum absolute atomic E-state index is 0.00862. The Morgan fingerprint density at radius 1 is 0.967 bits per heavy atom. The molecule has 0 aliphatic heterocycles. The van der Waals surface area contributed by atoms with Crippen LogP contribution < -0.4 is 18.9 Å². The Labute approximate surface area is 176 Å². The third-order valence-corrected chi connectivity index (χ3v) is 4.43. The number of carbonyl (C=O) groups excluding carboxylic acids is 1. The van der Waals surface area contributed by atoms with Gasteiger partial charge in [0.2, 0.25) is 11.5 Å². The largest absolute Gasteiger partial charge is 0.492 e. The van der Waals surface area contributed by atoms with E-state index in [1.807, 2.05) is 6.07 Å². The fourth-order valence-corrected chi connectivity index (χ4v) is 3.09. The number of carbonyl (C=O) groups is 1. The molecule has 0 aromatic heterocycles. The summed E-state index contributed by atoms with van der Waals surface area (Å²) < 4.78 is 32.4. The highest BCUT2D eigenvalue weighted by molar-refractivity contribution is 6.15. The van der Waals surface area contributed by atoms with Crippen molar-refractivity contribution in [3.63, 3.8) is 0 Å². The molecule has 0 bridgehead atoms. The molecule has 7 nitrogen and oxygen atoms in total. The van der Waals surface area contributed by atoms with Crippen molar-refractivity contribution in [1.82, 2.24) is 0 Å². The number of esters is 1. The van der Waals surface area contributed by atoms with Crippen molar-refractivity contribution in [1.29, 1.82) is 0 Å². The van der Waals surface area contributed by atoms with Crippen molar-refractivity contribution in [3.8, 4) is 34.1 Å². The van der Waals surface area contributed by atoms with Gasteiger partial charge in [0.25, 0.3) is 0 Å². The second-order valence-corrected chi connectivity index (χ2v) is 6.02. The molecule has 2 aromatic carbocycles. The van der Waals surface area contributed by atoms with Crippen LogP contribution in [0.5, 0.6) is 23.0 Å². The Hall–Kier alpha value is -3.45. The van der Waals surface area contributed by atoms with E-state index in [1.54, 1.807) is 24.3 Å². The van der Waals surface area contributed by atoms with Crippen LogP contribution in [0.15, 0.2) is 37.4 Å². The fraction of sp³-hybridized carbons (Fsp3) is 0.261. The number of benzene rings is 2. The second kappa shape index (κ2) is 10.4. The first-order valence-corrected chi connectivity index (χ1v) is 8.97. The summed E-state index contributed by atoms with van der Waals surface area (Å²) in [4.78, 5) is 11.9. The van der Waals surface area contributed by atoms with E-state index >= 15 is 0 Å². The molecule has 7 heteroatoms. The molecule has 2 aromatic rings. The van der Waals surface area contributed by atoms with Gasteiger partial charge in [0, 0.05) is 18.2 Å². The highest BCUT2D eigenvalue weighted by Gasteiger charge is 2.28. The predicted molar refractivity (Wildman–Crippen MR) is 115 cm³/mol. The molecule has 0 fully saturated rings. The van der Waals surface area contributed by atoms with Gasteiger partial charge >= 0.3 is 5.97 Å². The Morgan fingerprint density at radius 2 is 1.60 bits per heavy atom. The zero-order chi connectivity index (χ0) is 22.3. The molecule has 0 saturated carbocycles. The van der Waals surface area contributed by atoms with E-state index in [4.69, 9.17) is 28.4 Å². The Kier molecular flexibility index (Phi) is 7.89. The lowest BCUT2D eigenvalue weighted by molar-refractivity contribution is -0.133. The summed E-state index contributed by atoms with van der Waals surface area (Å²) in [7, 11) is 7.37. The van der Waals surface area contributed by atoms with Crippen molar-refractivity contribution in [2.45, 2.75) is 0 Å². The number of rotatable bonds is 10. The van der Waals surface area contributed by atoms with Crippen LogP contribution in [0.1, 0.15) is 11.1 Å². The summed E-state index contributed by atoms with van der Waals surface area (Å²) in [6.45, 7) is 7.74. The van der Waals surface area contributed by atoms with Gasteiger partial charge < -0.3 is 28.4 Å². The number of hydrogen-bond acceptors (Lipinski definition) is 7. The van der Waals surface area contributed by atoms with Gasteiger partial charge in [-0.3, -0.25) is 0 Å². The van der Waals surface area contributed by atoms with Gasteiger partial charge in [0.1, 0.15) is 0 Å². The van der Waals surface area contributed by atoms with E-state index in [0.717, 1.165) is 5.56 Å². The van der Waals surface area contributed by atoms with Crippen LogP contribution in [0.3, 0.4) is 0 Å². The maximum atomic E-state index is 11.9. The summed E-state index contributed by atoms with van der Waals surface area (Å²) in [5.74, 6) is 0.998. The molecule has 2 rings (SSSR count). The van der Waals surface area contributed by atoms with Crippen molar-refractivity contribution in [2.75, 3.05) is 42.3 Å². The monoisotopic (exact) mass is 414 g/mol. The minimum Gasteiger partial charge on any atom is -0.492 e. The lowest BCUT2D eigenvalue weighted by Crippen LogP contribution is -2.07. The number of hydrogen-bond donors (Lipinski definition) is 0. The number of ether oxygens (including phenoxy) is 6. The van der Waals surface area contributed by atoms with Gasteiger partial charge in [-0.2, -0.15) is 0 Å². The Balaban J connectivity index is 2.86. The molecular formula is C23H26O7. The molecular weight excluding hydrogens is 388 g/mol. The first-order valence-electron chi connectivity index (χ1n) is 8.97. The second-order valence-electron chi connectivity index (χ2n) is 6.02. The summed E-state index contributed by atoms with van der Waals surface area (Å²) in [6, 6.07) is 7.24. The lowest BCUT2D eigenvalue weighted by Gasteiger charge is -2.23. The third-order valence-electron chi connectivity index (χ3n) is 4.43. The molecule has 0 spiro atoms. The molecule has 0 radical (unpaired) electrons. The zero-order valence-electron chi connectivity index (χ0n) is 17.9. The van der Waals surface area contributed by atoms with Crippen LogP contribution in [0, 0.1) is 0 Å². The molecule has 0 atom stereocenters. The molecule has 0 aliphatic rings. The average Bonchev–Trinajstić information content (AvgIpc) is 2.79. The molecule has 0 N–H and O–H groups in total. The summed E-state index contributed by atoms with van der Waals surface area (Å²) in [5, 5.41) is 0. The standard InChI is InChI=1S/C23H26O7/c1-8-17-18(16-11-9-10-15(12-16)14(2)23(24)29-7)20(26-4)22(28-6)21(27-5)19(17)30-13-25-3/h8-12H,1-2,13H2,3-7H3. The molecule has 0 unspecified atom stereocenters. The van der Waals surface area contributed by atoms with Gasteiger partial charge in [-0.05, 0) is 17.2 Å². The van der Waals surface area contributed by atoms with Gasteiger partial charge in [0.05, 0.1) is 34.0 Å². The SMILES string of the molecule is C=Cc1c(OCOC)c(OC)c(OC)c(OC)c1-c1cccc(C(=C)C(=O)OC)c1.